The van der Waals surface area contributed by atoms with E-state index >= 15 is 0 Å². The Bertz CT molecular complexity index is 1370. The molecular weight excluding hydrogens is 484 g/mol. The lowest BCUT2D eigenvalue weighted by molar-refractivity contribution is -0.147. The van der Waals surface area contributed by atoms with Crippen molar-refractivity contribution in [2.75, 3.05) is 0 Å². The fraction of sp³-hybridized carbons (Fsp3) is 0.194. The summed E-state index contributed by atoms with van der Waals surface area (Å²) < 4.78 is 0. The van der Waals surface area contributed by atoms with Gasteiger partial charge in [-0.3, -0.25) is 24.0 Å². The molecule has 2 aliphatic carbocycles. The van der Waals surface area contributed by atoms with Crippen LogP contribution in [0, 0.1) is 22.7 Å². The summed E-state index contributed by atoms with van der Waals surface area (Å²) in [6.45, 7) is 2.94. The van der Waals surface area contributed by atoms with Gasteiger partial charge in [-0.2, -0.15) is 0 Å². The summed E-state index contributed by atoms with van der Waals surface area (Å²) >= 11 is 0. The highest BCUT2D eigenvalue weighted by molar-refractivity contribution is 6.65. The third-order valence-corrected chi connectivity index (χ3v) is 7.29. The zero-order valence-corrected chi connectivity index (χ0v) is 20.8. The lowest BCUT2D eigenvalue weighted by atomic mass is 9.64. The molecule has 38 heavy (non-hydrogen) atoms. The smallest absolute Gasteiger partial charge is 0.265 e. The molecule has 0 saturated carbocycles. The van der Waals surface area contributed by atoms with Gasteiger partial charge in [0, 0.05) is 0 Å². The van der Waals surface area contributed by atoms with Crippen LogP contribution in [0.15, 0.2) is 97.1 Å². The third-order valence-electron chi connectivity index (χ3n) is 7.29. The van der Waals surface area contributed by atoms with Crippen molar-refractivity contribution in [1.29, 1.82) is 0 Å². The maximum Gasteiger partial charge on any atom is 0.265 e. The second kappa shape index (κ2) is 10.0. The zero-order valence-electron chi connectivity index (χ0n) is 20.8. The number of ketones is 5. The molecule has 0 saturated heterocycles. The fourth-order valence-corrected chi connectivity index (χ4v) is 4.94. The summed E-state index contributed by atoms with van der Waals surface area (Å²) in [5, 5.41) is 20.4. The van der Waals surface area contributed by atoms with Crippen molar-refractivity contribution in [2.45, 2.75) is 13.8 Å². The summed E-state index contributed by atoms with van der Waals surface area (Å²) in [4.78, 5) is 67.2. The van der Waals surface area contributed by atoms with Crippen molar-refractivity contribution < 1.29 is 34.2 Å². The predicted molar refractivity (Wildman–Crippen MR) is 140 cm³/mol. The van der Waals surface area contributed by atoms with E-state index in [0.717, 1.165) is 0 Å². The van der Waals surface area contributed by atoms with Gasteiger partial charge in [-0.05, 0) is 38.1 Å². The lowest BCUT2D eigenvalue weighted by Crippen LogP contribution is -2.47. The molecule has 0 fully saturated rings. The van der Waals surface area contributed by atoms with Crippen molar-refractivity contribution >= 4 is 28.9 Å². The number of benzene rings is 2. The summed E-state index contributed by atoms with van der Waals surface area (Å²) in [6.07, 6.45) is 11.8. The maximum absolute atomic E-state index is 13.5. The highest BCUT2D eigenvalue weighted by Gasteiger charge is 2.50. The van der Waals surface area contributed by atoms with Crippen molar-refractivity contribution in [3.63, 3.8) is 0 Å². The predicted octanol–water partition coefficient (Wildman–Crippen LogP) is 4.37. The first-order valence-electron chi connectivity index (χ1n) is 12.0. The van der Waals surface area contributed by atoms with E-state index in [4.69, 9.17) is 0 Å². The number of para-hydroxylation sites is 2. The zero-order chi connectivity index (χ0) is 27.7. The van der Waals surface area contributed by atoms with Gasteiger partial charge in [-0.1, -0.05) is 72.9 Å². The number of carbonyl (C=O) groups is 5. The van der Waals surface area contributed by atoms with Crippen LogP contribution in [0.4, 0.5) is 0 Å². The van der Waals surface area contributed by atoms with Crippen LogP contribution in [0.2, 0.25) is 0 Å². The van der Waals surface area contributed by atoms with E-state index in [1.54, 1.807) is 36.4 Å². The maximum atomic E-state index is 13.5. The molecular formula is C31H26O7. The van der Waals surface area contributed by atoms with E-state index < -0.39 is 51.6 Å². The van der Waals surface area contributed by atoms with E-state index in [2.05, 4.69) is 0 Å². The minimum Gasteiger partial charge on any atom is -0.507 e. The first kappa shape index (κ1) is 26.4. The monoisotopic (exact) mass is 510 g/mol. The molecule has 2 N–H and O–H groups in total. The molecule has 4 atom stereocenters. The Hall–Kier alpha value is -4.65. The van der Waals surface area contributed by atoms with Crippen LogP contribution in [0.25, 0.3) is 0 Å². The molecule has 0 aromatic heterocycles. The number of hydrogen-bond donors (Lipinski definition) is 2. The summed E-state index contributed by atoms with van der Waals surface area (Å²) in [5.74, 6) is -7.86. The summed E-state index contributed by atoms with van der Waals surface area (Å²) in [6, 6.07) is 11.7. The number of aromatic hydroxyl groups is 2. The second-order valence-electron chi connectivity index (χ2n) is 9.76. The van der Waals surface area contributed by atoms with Crippen LogP contribution in [-0.2, 0) is 14.4 Å². The van der Waals surface area contributed by atoms with E-state index in [1.165, 1.54) is 74.6 Å². The van der Waals surface area contributed by atoms with Crippen molar-refractivity contribution in [3.05, 3.63) is 108 Å². The van der Waals surface area contributed by atoms with Crippen LogP contribution in [-0.4, -0.2) is 39.1 Å². The Morgan fingerprint density at radius 1 is 0.605 bits per heavy atom. The second-order valence-corrected chi connectivity index (χ2v) is 9.76. The van der Waals surface area contributed by atoms with Crippen LogP contribution in [0.1, 0.15) is 34.6 Å². The van der Waals surface area contributed by atoms with E-state index in [1.807, 2.05) is 0 Å². The summed E-state index contributed by atoms with van der Waals surface area (Å²) in [7, 11) is 0. The summed E-state index contributed by atoms with van der Waals surface area (Å²) in [5.41, 5.74) is -3.13. The van der Waals surface area contributed by atoms with Gasteiger partial charge in [0.2, 0.25) is 11.6 Å². The number of carbonyl (C=O) groups excluding carboxylic acids is 5. The van der Waals surface area contributed by atoms with E-state index in [-0.39, 0.29) is 22.6 Å². The SMILES string of the molecule is CC1(C(=O)c2ccccc2O)C=CC=CC1C(=O)C(=O)C(=O)C1C=CC=CC1(C)C(=O)c1ccccc1O. The number of rotatable bonds is 8. The first-order valence-corrected chi connectivity index (χ1v) is 12.0. The van der Waals surface area contributed by atoms with E-state index in [0.29, 0.717) is 0 Å². The normalized spacial score (nSPS) is 25.6. The van der Waals surface area contributed by atoms with Gasteiger partial charge < -0.3 is 10.2 Å². The van der Waals surface area contributed by atoms with Gasteiger partial charge in [0.25, 0.3) is 5.78 Å². The van der Waals surface area contributed by atoms with Gasteiger partial charge >= 0.3 is 0 Å². The molecule has 0 amide bonds. The fourth-order valence-electron chi connectivity index (χ4n) is 4.94. The number of Topliss-reactive ketones (excluding diaryl/α,β-unsaturated/α-hetero) is 5. The van der Waals surface area contributed by atoms with Gasteiger partial charge in [-0.25, -0.2) is 0 Å². The molecule has 0 aliphatic heterocycles. The largest absolute Gasteiger partial charge is 0.507 e. The Labute approximate surface area is 219 Å². The third kappa shape index (κ3) is 4.36. The molecule has 2 aromatic carbocycles. The van der Waals surface area contributed by atoms with Crippen molar-refractivity contribution in [2.24, 2.45) is 22.7 Å². The van der Waals surface area contributed by atoms with Gasteiger partial charge in [0.15, 0.2) is 11.6 Å². The van der Waals surface area contributed by atoms with Crippen molar-refractivity contribution in [3.8, 4) is 11.5 Å². The van der Waals surface area contributed by atoms with Crippen LogP contribution in [0.3, 0.4) is 0 Å². The molecule has 0 spiro atoms. The highest BCUT2D eigenvalue weighted by Crippen LogP contribution is 2.42. The average molecular weight is 511 g/mol. The molecule has 0 bridgehead atoms. The molecule has 0 radical (unpaired) electrons. The van der Waals surface area contributed by atoms with Gasteiger partial charge in [0.1, 0.15) is 11.5 Å². The minimum atomic E-state index is -1.54. The molecule has 4 rings (SSSR count). The number of allylic oxidation sites excluding steroid dienone is 8. The number of hydrogen-bond acceptors (Lipinski definition) is 7. The van der Waals surface area contributed by atoms with Crippen molar-refractivity contribution in [1.82, 2.24) is 0 Å². The van der Waals surface area contributed by atoms with Gasteiger partial charge in [0.05, 0.1) is 33.8 Å². The Morgan fingerprint density at radius 2 is 0.974 bits per heavy atom. The Kier molecular flexibility index (Phi) is 6.96. The van der Waals surface area contributed by atoms with Crippen LogP contribution >= 0.6 is 0 Å². The molecule has 7 nitrogen and oxygen atoms in total. The lowest BCUT2D eigenvalue weighted by Gasteiger charge is -2.34. The van der Waals surface area contributed by atoms with Crippen LogP contribution in [0.5, 0.6) is 11.5 Å². The molecule has 0 heterocycles. The molecule has 192 valence electrons. The first-order chi connectivity index (χ1) is 18.0. The molecule has 2 aliphatic rings. The highest BCUT2D eigenvalue weighted by atomic mass is 16.3. The minimum absolute atomic E-state index is 0.0206. The molecule has 2 aromatic rings. The Balaban J connectivity index is 1.65. The Morgan fingerprint density at radius 3 is 1.34 bits per heavy atom. The average Bonchev–Trinajstić information content (AvgIpc) is 2.92. The van der Waals surface area contributed by atoms with Crippen LogP contribution < -0.4 is 0 Å². The van der Waals surface area contributed by atoms with Gasteiger partial charge in [-0.15, -0.1) is 0 Å². The van der Waals surface area contributed by atoms with E-state index in [9.17, 15) is 34.2 Å². The number of phenolic OH excluding ortho intramolecular Hbond substituents is 2. The standard InChI is InChI=1S/C31H26O7/c1-30(28(37)19-11-3-5-15-23(19)32)17-9-7-13-21(30)25(34)27(36)26(35)22-14-8-10-18-31(22,2)29(38)20-12-4-6-16-24(20)33/h3-18,21-22,32-33H,1-2H3. The quantitative estimate of drug-likeness (QED) is 0.307. The molecule has 7 heteroatoms. The molecule has 4 unspecified atom stereocenters. The number of phenols is 2. The topological polar surface area (TPSA) is 126 Å².